The van der Waals surface area contributed by atoms with E-state index in [0.29, 0.717) is 11.5 Å². The summed E-state index contributed by atoms with van der Waals surface area (Å²) in [6.07, 6.45) is -1.18. The third-order valence-corrected chi connectivity index (χ3v) is 5.24. The molecule has 2 aromatic carbocycles. The van der Waals surface area contributed by atoms with E-state index in [4.69, 9.17) is 14.7 Å². The van der Waals surface area contributed by atoms with Crippen molar-refractivity contribution < 1.29 is 32.3 Å². The Morgan fingerprint density at radius 3 is 2.11 bits per heavy atom. The molecule has 1 heterocycles. The van der Waals surface area contributed by atoms with Crippen molar-refractivity contribution in [2.45, 2.75) is 10.6 Å². The molecule has 2 aromatic rings. The summed E-state index contributed by atoms with van der Waals surface area (Å²) in [5, 5.41) is 11.3. The van der Waals surface area contributed by atoms with Gasteiger partial charge < -0.3 is 14.8 Å². The zero-order valence-electron chi connectivity index (χ0n) is 13.8. The lowest BCUT2D eigenvalue weighted by Crippen LogP contribution is -2.71. The topological polar surface area (TPSA) is 126 Å². The zero-order chi connectivity index (χ0) is 19.5. The number of carbonyl (C=O) groups excluding carboxylic acids is 1. The monoisotopic (exact) mass is 397 g/mol. The van der Waals surface area contributed by atoms with Crippen LogP contribution in [0, 0.1) is 5.82 Å². The lowest BCUT2D eigenvalue weighted by Gasteiger charge is -2.41. The van der Waals surface area contributed by atoms with Crippen molar-refractivity contribution in [3.05, 3.63) is 54.3 Å². The fraction of sp³-hybridized carbons (Fsp3) is 0.188. The molecule has 1 amide bonds. The van der Waals surface area contributed by atoms with Crippen molar-refractivity contribution >= 4 is 16.1 Å². The first-order valence-corrected chi connectivity index (χ1v) is 9.21. The highest BCUT2D eigenvalue weighted by atomic mass is 32.2. The van der Waals surface area contributed by atoms with E-state index in [1.54, 1.807) is 0 Å². The average Bonchev–Trinajstić information content (AvgIpc) is 2.62. The van der Waals surface area contributed by atoms with Crippen LogP contribution in [0.25, 0.3) is 0 Å². The van der Waals surface area contributed by atoms with Crippen LogP contribution in [0.2, 0.25) is 0 Å². The molecule has 0 aliphatic carbocycles. The van der Waals surface area contributed by atoms with E-state index >= 15 is 0 Å². The Hall–Kier alpha value is -2.73. The fourth-order valence-electron chi connectivity index (χ4n) is 2.35. The molecule has 0 atom stereocenters. The Balaban J connectivity index is 1.71. The Morgan fingerprint density at radius 1 is 1.07 bits per heavy atom. The summed E-state index contributed by atoms with van der Waals surface area (Å²) in [6, 6.07) is 10.9. The summed E-state index contributed by atoms with van der Waals surface area (Å²) in [5.74, 6) is 0.357. The first kappa shape index (κ1) is 19.0. The van der Waals surface area contributed by atoms with Crippen LogP contribution in [0.3, 0.4) is 0 Å². The smallest absolute Gasteiger partial charge is 0.432 e. The summed E-state index contributed by atoms with van der Waals surface area (Å²) < 4.78 is 50.6. The Labute approximate surface area is 154 Å². The number of carbonyl (C=O) groups is 1. The summed E-state index contributed by atoms with van der Waals surface area (Å²) in [5.41, 5.74) is -0.206. The van der Waals surface area contributed by atoms with E-state index < -0.39 is 27.7 Å². The first-order chi connectivity index (χ1) is 12.8. The lowest BCUT2D eigenvalue weighted by atomic mass is 10.1. The molecule has 4 N–H and O–H groups in total. The van der Waals surface area contributed by atoms with Gasteiger partial charge in [-0.2, -0.15) is 4.72 Å². The molecular weight excluding hydrogens is 381 g/mol. The largest absolute Gasteiger partial charge is 0.457 e. The molecule has 1 aliphatic heterocycles. The number of hydrogen-bond donors (Lipinski definition) is 4. The van der Waals surface area contributed by atoms with Gasteiger partial charge in [-0.05, 0) is 48.5 Å². The molecule has 1 aliphatic rings. The highest BCUT2D eigenvalue weighted by Crippen LogP contribution is 2.24. The Morgan fingerprint density at radius 2 is 1.63 bits per heavy atom. The number of nitrogens with one attached hydrogen (secondary N) is 3. The highest BCUT2D eigenvalue weighted by molar-refractivity contribution is 7.89. The minimum atomic E-state index is -4.01. The quantitative estimate of drug-likeness (QED) is 0.329. The molecule has 0 unspecified atom stereocenters. The number of benzene rings is 2. The predicted molar refractivity (Wildman–Crippen MR) is 90.2 cm³/mol. The van der Waals surface area contributed by atoms with Crippen molar-refractivity contribution in [3.63, 3.8) is 0 Å². The molecule has 0 aromatic heterocycles. The van der Waals surface area contributed by atoms with Gasteiger partial charge in [-0.15, -0.1) is 0 Å². The zero-order valence-corrected chi connectivity index (χ0v) is 14.6. The summed E-state index contributed by atoms with van der Waals surface area (Å²) in [7, 11) is -4.01. The van der Waals surface area contributed by atoms with Crippen LogP contribution >= 0.6 is 0 Å². The maximum Gasteiger partial charge on any atom is 0.432 e. The van der Waals surface area contributed by atoms with E-state index in [1.807, 2.05) is 0 Å². The maximum atomic E-state index is 12.9. The van der Waals surface area contributed by atoms with Gasteiger partial charge >= 0.3 is 6.09 Å². The van der Waals surface area contributed by atoms with Gasteiger partial charge in [0, 0.05) is 0 Å². The van der Waals surface area contributed by atoms with E-state index in [0.717, 1.165) is 0 Å². The number of hydroxylamine groups is 1. The van der Waals surface area contributed by atoms with E-state index in [1.165, 1.54) is 54.0 Å². The minimum Gasteiger partial charge on any atom is -0.457 e. The van der Waals surface area contributed by atoms with Crippen molar-refractivity contribution in [2.75, 3.05) is 13.1 Å². The minimum absolute atomic E-state index is 0.0470. The third-order valence-electron chi connectivity index (χ3n) is 3.70. The average molecular weight is 397 g/mol. The first-order valence-electron chi connectivity index (χ1n) is 7.73. The number of amides is 1. The Kier molecular flexibility index (Phi) is 5.28. The lowest BCUT2D eigenvalue weighted by molar-refractivity contribution is -0.0499. The van der Waals surface area contributed by atoms with Gasteiger partial charge in [0.25, 0.3) is 0 Å². The van der Waals surface area contributed by atoms with Gasteiger partial charge in [-0.1, -0.05) is 0 Å². The number of rotatable bonds is 6. The van der Waals surface area contributed by atoms with Crippen LogP contribution in [0.1, 0.15) is 0 Å². The molecule has 3 rings (SSSR count). The molecule has 144 valence electrons. The van der Waals surface area contributed by atoms with Gasteiger partial charge in [-0.3, -0.25) is 5.21 Å². The Bertz CT molecular complexity index is 914. The normalized spacial score (nSPS) is 15.5. The molecule has 27 heavy (non-hydrogen) atoms. The van der Waals surface area contributed by atoms with E-state index in [-0.39, 0.29) is 18.0 Å². The molecule has 11 heteroatoms. The van der Waals surface area contributed by atoms with Gasteiger partial charge in [0.1, 0.15) is 17.3 Å². The maximum absolute atomic E-state index is 12.9. The van der Waals surface area contributed by atoms with Gasteiger partial charge in [0.15, 0.2) is 0 Å². The van der Waals surface area contributed by atoms with Crippen LogP contribution in [0.5, 0.6) is 11.5 Å². The van der Waals surface area contributed by atoms with Crippen molar-refractivity contribution in [3.8, 4) is 11.5 Å². The molecule has 0 bridgehead atoms. The van der Waals surface area contributed by atoms with Crippen molar-refractivity contribution in [2.24, 2.45) is 0 Å². The van der Waals surface area contributed by atoms with Crippen molar-refractivity contribution in [1.82, 2.24) is 15.5 Å². The van der Waals surface area contributed by atoms with Gasteiger partial charge in [-0.25, -0.2) is 23.1 Å². The van der Waals surface area contributed by atoms with E-state index in [9.17, 15) is 17.6 Å². The van der Waals surface area contributed by atoms with Gasteiger partial charge in [0.2, 0.25) is 15.7 Å². The second kappa shape index (κ2) is 7.48. The van der Waals surface area contributed by atoms with Crippen LogP contribution in [-0.4, -0.2) is 38.5 Å². The standard InChI is InChI=1S/C16H16FN3O6S/c17-11-1-3-12(4-2-11)25-13-5-7-14(8-6-13)27(23,24)20-16(9-18-10-16)26-15(21)19-22/h1-8,18,20,22H,9-10H2,(H,19,21). The second-order valence-electron chi connectivity index (χ2n) is 5.73. The molecule has 1 fully saturated rings. The highest BCUT2D eigenvalue weighted by Gasteiger charge is 2.44. The third kappa shape index (κ3) is 4.52. The van der Waals surface area contributed by atoms with Crippen LogP contribution < -0.4 is 20.3 Å². The molecular formula is C16H16FN3O6S. The van der Waals surface area contributed by atoms with E-state index in [2.05, 4.69) is 10.0 Å². The molecule has 0 spiro atoms. The van der Waals surface area contributed by atoms with Crippen LogP contribution in [0.15, 0.2) is 53.4 Å². The molecule has 0 saturated carbocycles. The molecule has 9 nitrogen and oxygen atoms in total. The molecule has 0 radical (unpaired) electrons. The number of hydrogen-bond acceptors (Lipinski definition) is 7. The van der Waals surface area contributed by atoms with Crippen LogP contribution in [-0.2, 0) is 14.8 Å². The van der Waals surface area contributed by atoms with Crippen LogP contribution in [0.4, 0.5) is 9.18 Å². The summed E-state index contributed by atoms with van der Waals surface area (Å²) in [4.78, 5) is 11.1. The fourth-order valence-corrected chi connectivity index (χ4v) is 3.63. The number of sulfonamides is 1. The van der Waals surface area contributed by atoms with Gasteiger partial charge in [0.05, 0.1) is 18.0 Å². The SMILES string of the molecule is O=C(NO)OC1(NS(=O)(=O)c2ccc(Oc3ccc(F)cc3)cc2)CNC1. The predicted octanol–water partition coefficient (Wildman–Crippen LogP) is 1.31. The second-order valence-corrected chi connectivity index (χ2v) is 7.41. The summed E-state index contributed by atoms with van der Waals surface area (Å²) >= 11 is 0. The molecule has 1 saturated heterocycles. The summed E-state index contributed by atoms with van der Waals surface area (Å²) in [6.45, 7) is 0.0941. The van der Waals surface area contributed by atoms with Crippen molar-refractivity contribution in [1.29, 1.82) is 0 Å². The number of halogens is 1. The number of ether oxygens (including phenoxy) is 2.